The number of alkyl halides is 3. The van der Waals surface area contributed by atoms with E-state index in [1.165, 1.54) is 18.2 Å². The van der Waals surface area contributed by atoms with Gasteiger partial charge in [0.1, 0.15) is 12.4 Å². The van der Waals surface area contributed by atoms with Crippen molar-refractivity contribution in [2.75, 3.05) is 26.2 Å². The Balaban J connectivity index is 1.79. The second-order valence-corrected chi connectivity index (χ2v) is 5.41. The minimum absolute atomic E-state index is 0.0117. The zero-order chi connectivity index (χ0) is 16.2. The highest BCUT2D eigenvalue weighted by atomic mass is 19.4. The molecule has 7 heteroatoms. The first-order chi connectivity index (χ1) is 10.4. The van der Waals surface area contributed by atoms with Crippen LogP contribution in [0.1, 0.15) is 18.9 Å². The normalized spacial score (nSPS) is 18.4. The molecule has 0 aromatic heterocycles. The van der Waals surface area contributed by atoms with Gasteiger partial charge in [-0.25, -0.2) is 4.79 Å². The van der Waals surface area contributed by atoms with Crippen LogP contribution in [-0.4, -0.2) is 37.2 Å². The summed E-state index contributed by atoms with van der Waals surface area (Å²) >= 11 is 0. The quantitative estimate of drug-likeness (QED) is 0.867. The maximum Gasteiger partial charge on any atom is 0.419 e. The Morgan fingerprint density at radius 1 is 1.41 bits per heavy atom. The zero-order valence-corrected chi connectivity index (χ0v) is 12.3. The molecule has 1 N–H and O–H groups in total. The lowest BCUT2D eigenvalue weighted by atomic mass is 10.2. The van der Waals surface area contributed by atoms with Crippen molar-refractivity contribution in [2.45, 2.75) is 19.5 Å². The number of nitrogens with zero attached hydrogens (tertiary/aromatic N) is 1. The molecule has 1 unspecified atom stereocenters. The molecule has 1 heterocycles. The van der Waals surface area contributed by atoms with E-state index in [0.29, 0.717) is 19.0 Å². The fourth-order valence-corrected chi connectivity index (χ4v) is 2.38. The molecule has 0 radical (unpaired) electrons. The zero-order valence-electron chi connectivity index (χ0n) is 12.3. The van der Waals surface area contributed by atoms with E-state index in [4.69, 9.17) is 4.74 Å². The van der Waals surface area contributed by atoms with Crippen molar-refractivity contribution < 1.29 is 22.7 Å². The molecule has 4 nitrogen and oxygen atoms in total. The summed E-state index contributed by atoms with van der Waals surface area (Å²) in [5, 5.41) is 2.65. The van der Waals surface area contributed by atoms with Gasteiger partial charge in [-0.05, 0) is 24.5 Å². The van der Waals surface area contributed by atoms with Gasteiger partial charge in [0.15, 0.2) is 0 Å². The molecular weight excluding hydrogens is 297 g/mol. The molecule has 1 aromatic carbocycles. The van der Waals surface area contributed by atoms with Gasteiger partial charge in [0.2, 0.25) is 0 Å². The van der Waals surface area contributed by atoms with E-state index >= 15 is 0 Å². The number of benzene rings is 1. The number of urea groups is 1. The third-order valence-electron chi connectivity index (χ3n) is 3.54. The largest absolute Gasteiger partial charge is 0.491 e. The summed E-state index contributed by atoms with van der Waals surface area (Å²) in [7, 11) is 0. The standard InChI is InChI=1S/C15H19F3N2O2/c1-11-6-8-20(10-11)14(21)19-7-9-22-13-5-3-2-4-12(13)15(16,17)18/h2-5,11H,6-10H2,1H3,(H,19,21). The summed E-state index contributed by atoms with van der Waals surface area (Å²) in [6.45, 7) is 3.65. The van der Waals surface area contributed by atoms with Crippen molar-refractivity contribution >= 4 is 6.03 Å². The van der Waals surface area contributed by atoms with E-state index in [-0.39, 0.29) is 24.9 Å². The minimum Gasteiger partial charge on any atom is -0.491 e. The van der Waals surface area contributed by atoms with Crippen molar-refractivity contribution in [1.29, 1.82) is 0 Å². The predicted octanol–water partition coefficient (Wildman–Crippen LogP) is 3.14. The summed E-state index contributed by atoms with van der Waals surface area (Å²) in [5.74, 6) is 0.264. The molecule has 0 spiro atoms. The van der Waals surface area contributed by atoms with Crippen molar-refractivity contribution in [3.8, 4) is 5.75 Å². The summed E-state index contributed by atoms with van der Waals surface area (Å²) in [6.07, 6.45) is -3.48. The highest BCUT2D eigenvalue weighted by molar-refractivity contribution is 5.74. The molecule has 0 bridgehead atoms. The number of hydrogen-bond donors (Lipinski definition) is 1. The first-order valence-corrected chi connectivity index (χ1v) is 7.19. The van der Waals surface area contributed by atoms with Gasteiger partial charge in [-0.1, -0.05) is 19.1 Å². The first kappa shape index (κ1) is 16.5. The number of nitrogens with one attached hydrogen (secondary N) is 1. The molecule has 1 aromatic rings. The molecule has 1 saturated heterocycles. The number of ether oxygens (including phenoxy) is 1. The molecule has 22 heavy (non-hydrogen) atoms. The lowest BCUT2D eigenvalue weighted by Crippen LogP contribution is -2.40. The van der Waals surface area contributed by atoms with Crippen LogP contribution in [0.4, 0.5) is 18.0 Å². The van der Waals surface area contributed by atoms with Crippen LogP contribution < -0.4 is 10.1 Å². The molecular formula is C15H19F3N2O2. The van der Waals surface area contributed by atoms with Crippen LogP contribution in [0, 0.1) is 5.92 Å². The minimum atomic E-state index is -4.45. The Labute approximate surface area is 127 Å². The van der Waals surface area contributed by atoms with Crippen LogP contribution in [0.2, 0.25) is 0 Å². The number of hydrogen-bond acceptors (Lipinski definition) is 2. The van der Waals surface area contributed by atoms with Gasteiger partial charge in [0.25, 0.3) is 0 Å². The van der Waals surface area contributed by atoms with Crippen LogP contribution in [0.5, 0.6) is 5.75 Å². The molecule has 1 aliphatic rings. The molecule has 1 fully saturated rings. The number of halogens is 3. The van der Waals surface area contributed by atoms with E-state index in [1.54, 1.807) is 4.90 Å². The lowest BCUT2D eigenvalue weighted by Gasteiger charge is -2.17. The van der Waals surface area contributed by atoms with E-state index < -0.39 is 11.7 Å². The van der Waals surface area contributed by atoms with Gasteiger partial charge in [-0.3, -0.25) is 0 Å². The number of rotatable bonds is 4. The molecule has 2 rings (SSSR count). The third kappa shape index (κ3) is 4.29. The van der Waals surface area contributed by atoms with E-state index in [2.05, 4.69) is 12.2 Å². The van der Waals surface area contributed by atoms with Crippen molar-refractivity contribution in [2.24, 2.45) is 5.92 Å². The Morgan fingerprint density at radius 2 is 2.14 bits per heavy atom. The molecule has 0 aliphatic carbocycles. The highest BCUT2D eigenvalue weighted by Crippen LogP contribution is 2.35. The van der Waals surface area contributed by atoms with Crippen LogP contribution in [0.25, 0.3) is 0 Å². The lowest BCUT2D eigenvalue weighted by molar-refractivity contribution is -0.138. The Morgan fingerprint density at radius 3 is 2.77 bits per heavy atom. The van der Waals surface area contributed by atoms with Gasteiger partial charge in [0.05, 0.1) is 12.1 Å². The molecule has 0 saturated carbocycles. The monoisotopic (exact) mass is 316 g/mol. The highest BCUT2D eigenvalue weighted by Gasteiger charge is 2.34. The average Bonchev–Trinajstić information content (AvgIpc) is 2.89. The Bertz CT molecular complexity index is 520. The van der Waals surface area contributed by atoms with E-state index in [0.717, 1.165) is 12.5 Å². The summed E-state index contributed by atoms with van der Waals surface area (Å²) in [4.78, 5) is 13.5. The SMILES string of the molecule is CC1CCN(C(=O)NCCOc2ccccc2C(F)(F)F)C1. The third-order valence-corrected chi connectivity index (χ3v) is 3.54. The van der Waals surface area contributed by atoms with Crippen LogP contribution in [-0.2, 0) is 6.18 Å². The van der Waals surface area contributed by atoms with Crippen molar-refractivity contribution in [3.63, 3.8) is 0 Å². The van der Waals surface area contributed by atoms with Gasteiger partial charge in [-0.2, -0.15) is 13.2 Å². The average molecular weight is 316 g/mol. The van der Waals surface area contributed by atoms with Gasteiger partial charge < -0.3 is 15.0 Å². The summed E-state index contributed by atoms with van der Waals surface area (Å²) in [6, 6.07) is 4.84. The van der Waals surface area contributed by atoms with Gasteiger partial charge >= 0.3 is 12.2 Å². The number of amides is 2. The number of likely N-dealkylation sites (tertiary alicyclic amines) is 1. The predicted molar refractivity (Wildman–Crippen MR) is 75.7 cm³/mol. The summed E-state index contributed by atoms with van der Waals surface area (Å²) < 4.78 is 43.5. The van der Waals surface area contributed by atoms with Gasteiger partial charge in [0, 0.05) is 13.1 Å². The van der Waals surface area contributed by atoms with Crippen LogP contribution >= 0.6 is 0 Å². The fraction of sp³-hybridized carbons (Fsp3) is 0.533. The molecule has 122 valence electrons. The molecule has 1 atom stereocenters. The smallest absolute Gasteiger partial charge is 0.419 e. The molecule has 2 amide bonds. The Hall–Kier alpha value is -1.92. The second kappa shape index (κ2) is 6.89. The van der Waals surface area contributed by atoms with Gasteiger partial charge in [-0.15, -0.1) is 0 Å². The van der Waals surface area contributed by atoms with Crippen molar-refractivity contribution in [1.82, 2.24) is 10.2 Å². The van der Waals surface area contributed by atoms with E-state index in [9.17, 15) is 18.0 Å². The summed E-state index contributed by atoms with van der Waals surface area (Å²) in [5.41, 5.74) is -0.810. The van der Waals surface area contributed by atoms with Crippen molar-refractivity contribution in [3.05, 3.63) is 29.8 Å². The molecule has 1 aliphatic heterocycles. The Kier molecular flexibility index (Phi) is 5.15. The number of carbonyl (C=O) groups is 1. The topological polar surface area (TPSA) is 41.6 Å². The second-order valence-electron chi connectivity index (χ2n) is 5.41. The number of carbonyl (C=O) groups excluding carboxylic acids is 1. The maximum absolute atomic E-state index is 12.8. The van der Waals surface area contributed by atoms with Crippen LogP contribution in [0.15, 0.2) is 24.3 Å². The number of para-hydroxylation sites is 1. The maximum atomic E-state index is 12.8. The fourth-order valence-electron chi connectivity index (χ4n) is 2.38. The van der Waals surface area contributed by atoms with E-state index in [1.807, 2.05) is 0 Å². The first-order valence-electron chi connectivity index (χ1n) is 7.19. The van der Waals surface area contributed by atoms with Crippen LogP contribution in [0.3, 0.4) is 0 Å².